The topological polar surface area (TPSA) is 83.6 Å². The van der Waals surface area contributed by atoms with E-state index in [0.29, 0.717) is 22.9 Å². The van der Waals surface area contributed by atoms with Gasteiger partial charge in [0.2, 0.25) is 10.7 Å². The van der Waals surface area contributed by atoms with E-state index in [1.807, 2.05) is 36.4 Å². The summed E-state index contributed by atoms with van der Waals surface area (Å²) in [7, 11) is 0. The molecule has 0 saturated heterocycles. The third kappa shape index (κ3) is 3.81. The highest BCUT2D eigenvalue weighted by molar-refractivity contribution is 9.10. The quantitative estimate of drug-likeness (QED) is 0.671. The molecule has 1 aromatic carbocycles. The van der Waals surface area contributed by atoms with Gasteiger partial charge in [-0.1, -0.05) is 30.3 Å². The molecule has 0 unspecified atom stereocenters. The Balaban J connectivity index is 1.71. The first-order valence-corrected chi connectivity index (χ1v) is 7.80. The number of rotatable bonds is 5. The van der Waals surface area contributed by atoms with E-state index in [2.05, 4.69) is 41.4 Å². The van der Waals surface area contributed by atoms with Crippen molar-refractivity contribution in [1.29, 1.82) is 0 Å². The summed E-state index contributed by atoms with van der Waals surface area (Å²) in [6.45, 7) is 2.14. The number of Topliss-reactive ketones (excluding diaryl/α,β-unsaturated/α-hetero) is 1. The molecule has 7 heteroatoms. The fourth-order valence-electron chi connectivity index (χ4n) is 2.09. The van der Waals surface area contributed by atoms with Crippen molar-refractivity contribution in [3.05, 3.63) is 58.5 Å². The van der Waals surface area contributed by atoms with Crippen LogP contribution in [0.1, 0.15) is 23.0 Å². The first kappa shape index (κ1) is 15.4. The number of nitrogens with one attached hydrogen (secondary N) is 2. The molecule has 2 aromatic heterocycles. The number of anilines is 1. The van der Waals surface area contributed by atoms with Crippen LogP contribution in [-0.2, 0) is 6.54 Å². The second-order valence-corrected chi connectivity index (χ2v) is 5.68. The number of pyridine rings is 1. The lowest BCUT2D eigenvalue weighted by Crippen LogP contribution is -2.01. The summed E-state index contributed by atoms with van der Waals surface area (Å²) >= 11 is 3.19. The molecule has 0 bridgehead atoms. The molecular weight excluding hydrogens is 358 g/mol. The van der Waals surface area contributed by atoms with Gasteiger partial charge in [-0.2, -0.15) is 4.98 Å². The summed E-state index contributed by atoms with van der Waals surface area (Å²) in [5, 5.41) is 9.80. The Morgan fingerprint density at radius 3 is 2.61 bits per heavy atom. The van der Waals surface area contributed by atoms with Crippen LogP contribution in [0.15, 0.2) is 47.2 Å². The van der Waals surface area contributed by atoms with Crippen molar-refractivity contribution in [1.82, 2.24) is 20.2 Å². The van der Waals surface area contributed by atoms with Crippen molar-refractivity contribution < 1.29 is 4.79 Å². The van der Waals surface area contributed by atoms with Crippen molar-refractivity contribution in [2.45, 2.75) is 13.5 Å². The van der Waals surface area contributed by atoms with Crippen molar-refractivity contribution in [2.75, 3.05) is 5.32 Å². The molecule has 2 N–H and O–H groups in total. The zero-order valence-corrected chi connectivity index (χ0v) is 14.0. The number of aromatic amines is 1. The summed E-state index contributed by atoms with van der Waals surface area (Å²) in [5.74, 6) is 0.572. The highest BCUT2D eigenvalue weighted by Crippen LogP contribution is 2.18. The molecule has 6 nitrogen and oxygen atoms in total. The number of nitrogens with zero attached hydrogens (tertiary/aromatic N) is 3. The average Bonchev–Trinajstić information content (AvgIpc) is 2.99. The second-order valence-electron chi connectivity index (χ2n) is 4.97. The normalized spacial score (nSPS) is 10.5. The van der Waals surface area contributed by atoms with Gasteiger partial charge in [0, 0.05) is 19.0 Å². The largest absolute Gasteiger partial charge is 0.350 e. The standard InChI is InChI=1S/C16H14BrN5O/c1-10(23)13-3-2-4-14(19-13)12-7-5-11(6-8-12)9-18-16-20-15(17)21-22-16/h2-8H,9H2,1H3,(H2,18,20,21,22). The number of hydrogen-bond acceptors (Lipinski definition) is 5. The summed E-state index contributed by atoms with van der Waals surface area (Å²) in [6.07, 6.45) is 0. The van der Waals surface area contributed by atoms with Crippen LogP contribution < -0.4 is 5.32 Å². The number of hydrogen-bond donors (Lipinski definition) is 2. The Hall–Kier alpha value is -2.54. The van der Waals surface area contributed by atoms with Gasteiger partial charge in [0.25, 0.3) is 0 Å². The first-order valence-electron chi connectivity index (χ1n) is 7.01. The fourth-order valence-corrected chi connectivity index (χ4v) is 2.36. The van der Waals surface area contributed by atoms with Crippen molar-refractivity contribution in [3.63, 3.8) is 0 Å². The molecule has 0 aliphatic carbocycles. The summed E-state index contributed by atoms with van der Waals surface area (Å²) in [4.78, 5) is 19.9. The molecule has 0 saturated carbocycles. The Morgan fingerprint density at radius 2 is 1.96 bits per heavy atom. The molecule has 0 spiro atoms. The Labute approximate surface area is 141 Å². The fraction of sp³-hybridized carbons (Fsp3) is 0.125. The van der Waals surface area contributed by atoms with Crippen LogP contribution in [0.5, 0.6) is 0 Å². The minimum Gasteiger partial charge on any atom is -0.350 e. The Kier molecular flexibility index (Phi) is 4.47. The number of aromatic nitrogens is 4. The summed E-state index contributed by atoms with van der Waals surface area (Å²) < 4.78 is 0.520. The van der Waals surface area contributed by atoms with Crippen LogP contribution in [0.25, 0.3) is 11.3 Å². The number of halogens is 1. The van der Waals surface area contributed by atoms with E-state index in [1.165, 1.54) is 6.92 Å². The van der Waals surface area contributed by atoms with E-state index in [0.717, 1.165) is 16.8 Å². The molecule has 0 aliphatic rings. The smallest absolute Gasteiger partial charge is 0.219 e. The van der Waals surface area contributed by atoms with Gasteiger partial charge in [-0.25, -0.2) is 10.1 Å². The van der Waals surface area contributed by atoms with Gasteiger partial charge in [0.15, 0.2) is 5.78 Å². The van der Waals surface area contributed by atoms with E-state index >= 15 is 0 Å². The number of benzene rings is 1. The molecule has 0 aliphatic heterocycles. The van der Waals surface area contributed by atoms with E-state index in [-0.39, 0.29) is 5.78 Å². The Morgan fingerprint density at radius 1 is 1.17 bits per heavy atom. The van der Waals surface area contributed by atoms with Crippen LogP contribution in [0.2, 0.25) is 0 Å². The number of ketones is 1. The van der Waals surface area contributed by atoms with E-state index in [1.54, 1.807) is 6.07 Å². The molecule has 2 heterocycles. The molecule has 3 rings (SSSR count). The van der Waals surface area contributed by atoms with Crippen LogP contribution in [-0.4, -0.2) is 25.9 Å². The third-order valence-corrected chi connectivity index (χ3v) is 3.63. The molecule has 116 valence electrons. The van der Waals surface area contributed by atoms with Crippen LogP contribution in [0, 0.1) is 0 Å². The van der Waals surface area contributed by atoms with Crippen molar-refractivity contribution in [3.8, 4) is 11.3 Å². The maximum absolute atomic E-state index is 11.4. The third-order valence-electron chi connectivity index (χ3n) is 3.28. The van der Waals surface area contributed by atoms with Crippen LogP contribution in [0.4, 0.5) is 5.95 Å². The predicted octanol–water partition coefficient (Wildman–Crippen LogP) is 3.44. The van der Waals surface area contributed by atoms with Gasteiger partial charge >= 0.3 is 0 Å². The average molecular weight is 372 g/mol. The van der Waals surface area contributed by atoms with Gasteiger partial charge in [-0.05, 0) is 33.6 Å². The molecular formula is C16H14BrN5O. The lowest BCUT2D eigenvalue weighted by Gasteiger charge is -2.06. The van der Waals surface area contributed by atoms with Crippen LogP contribution >= 0.6 is 15.9 Å². The van der Waals surface area contributed by atoms with Gasteiger partial charge in [0.1, 0.15) is 5.69 Å². The van der Waals surface area contributed by atoms with Gasteiger partial charge < -0.3 is 5.32 Å². The molecule has 0 radical (unpaired) electrons. The first-order chi connectivity index (χ1) is 11.1. The molecule has 23 heavy (non-hydrogen) atoms. The number of H-pyrrole nitrogens is 1. The summed E-state index contributed by atoms with van der Waals surface area (Å²) in [6, 6.07) is 13.5. The zero-order valence-electron chi connectivity index (χ0n) is 12.4. The highest BCUT2D eigenvalue weighted by atomic mass is 79.9. The summed E-state index contributed by atoms with van der Waals surface area (Å²) in [5.41, 5.74) is 3.34. The molecule has 0 atom stereocenters. The number of carbonyl (C=O) groups is 1. The van der Waals surface area contributed by atoms with Gasteiger partial charge in [0.05, 0.1) is 5.69 Å². The predicted molar refractivity (Wildman–Crippen MR) is 91.1 cm³/mol. The lowest BCUT2D eigenvalue weighted by atomic mass is 10.1. The second kappa shape index (κ2) is 6.70. The van der Waals surface area contributed by atoms with E-state index in [9.17, 15) is 4.79 Å². The lowest BCUT2D eigenvalue weighted by molar-refractivity contribution is 0.101. The Bertz CT molecular complexity index is 828. The maximum atomic E-state index is 11.4. The minimum absolute atomic E-state index is 0.0362. The van der Waals surface area contributed by atoms with E-state index < -0.39 is 0 Å². The van der Waals surface area contributed by atoms with Crippen molar-refractivity contribution in [2.24, 2.45) is 0 Å². The van der Waals surface area contributed by atoms with E-state index in [4.69, 9.17) is 0 Å². The molecule has 0 fully saturated rings. The zero-order chi connectivity index (χ0) is 16.2. The highest BCUT2D eigenvalue weighted by Gasteiger charge is 2.05. The SMILES string of the molecule is CC(=O)c1cccc(-c2ccc(CNc3nc(Br)n[nH]3)cc2)n1. The minimum atomic E-state index is -0.0362. The monoisotopic (exact) mass is 371 g/mol. The molecule has 3 aromatic rings. The number of carbonyl (C=O) groups excluding carboxylic acids is 1. The van der Waals surface area contributed by atoms with Crippen molar-refractivity contribution >= 4 is 27.7 Å². The maximum Gasteiger partial charge on any atom is 0.219 e. The van der Waals surface area contributed by atoms with Crippen LogP contribution in [0.3, 0.4) is 0 Å². The molecule has 0 amide bonds. The van der Waals surface area contributed by atoms with Gasteiger partial charge in [-0.15, -0.1) is 5.10 Å². The van der Waals surface area contributed by atoms with Gasteiger partial charge in [-0.3, -0.25) is 4.79 Å².